The maximum Gasteiger partial charge on any atom is 0.311 e. The van der Waals surface area contributed by atoms with Gasteiger partial charge in [-0.25, -0.2) is 4.39 Å². The second-order valence-corrected chi connectivity index (χ2v) is 3.35. The third-order valence-corrected chi connectivity index (χ3v) is 2.10. The Morgan fingerprint density at radius 2 is 2.12 bits per heavy atom. The van der Waals surface area contributed by atoms with Crippen LogP contribution in [0, 0.1) is 5.82 Å². The lowest BCUT2D eigenvalue weighted by atomic mass is 10.2. The molecular weight excluding hydrogens is 211 g/mol. The number of furan rings is 1. The molecule has 2 aromatic rings. The van der Waals surface area contributed by atoms with Crippen LogP contribution < -0.4 is 0 Å². The van der Waals surface area contributed by atoms with Gasteiger partial charge in [-0.15, -0.1) is 0 Å². The first-order valence-corrected chi connectivity index (χ1v) is 4.71. The summed E-state index contributed by atoms with van der Waals surface area (Å²) in [5.41, 5.74) is 0.594. The molecule has 0 spiro atoms. The lowest BCUT2D eigenvalue weighted by Crippen LogP contribution is -1.97. The zero-order valence-corrected chi connectivity index (χ0v) is 8.31. The van der Waals surface area contributed by atoms with Crippen LogP contribution in [0.2, 0.25) is 0 Å². The molecule has 3 nitrogen and oxygen atoms in total. The molecule has 0 aliphatic heterocycles. The molecule has 0 saturated heterocycles. The Morgan fingerprint density at radius 3 is 2.81 bits per heavy atom. The molecule has 82 valence electrons. The number of hydrogen-bond acceptors (Lipinski definition) is 2. The molecule has 0 saturated carbocycles. The minimum Gasteiger partial charge on any atom is -0.481 e. The first-order chi connectivity index (χ1) is 7.65. The zero-order chi connectivity index (χ0) is 11.5. The number of hydrogen-bond donors (Lipinski definition) is 1. The van der Waals surface area contributed by atoms with Crippen LogP contribution in [0.25, 0.3) is 11.3 Å². The molecule has 16 heavy (non-hydrogen) atoms. The Balaban J connectivity index is 2.28. The number of aliphatic carboxylic acids is 1. The van der Waals surface area contributed by atoms with Gasteiger partial charge in [0.1, 0.15) is 23.8 Å². The summed E-state index contributed by atoms with van der Waals surface area (Å²) < 4.78 is 18.2. The molecule has 0 amide bonds. The van der Waals surface area contributed by atoms with Crippen molar-refractivity contribution in [2.24, 2.45) is 0 Å². The summed E-state index contributed by atoms with van der Waals surface area (Å²) in [5, 5.41) is 8.57. The van der Waals surface area contributed by atoms with Gasteiger partial charge in [-0.1, -0.05) is 12.1 Å². The van der Waals surface area contributed by atoms with Crippen molar-refractivity contribution in [2.45, 2.75) is 6.42 Å². The maximum absolute atomic E-state index is 12.9. The van der Waals surface area contributed by atoms with Gasteiger partial charge in [-0.2, -0.15) is 0 Å². The van der Waals surface area contributed by atoms with Crippen molar-refractivity contribution >= 4 is 5.97 Å². The van der Waals surface area contributed by atoms with Crippen molar-refractivity contribution in [1.82, 2.24) is 0 Å². The molecule has 0 bridgehead atoms. The predicted molar refractivity (Wildman–Crippen MR) is 55.4 cm³/mol. The van der Waals surface area contributed by atoms with E-state index in [1.165, 1.54) is 12.1 Å². The van der Waals surface area contributed by atoms with Crippen LogP contribution in [0.4, 0.5) is 4.39 Å². The van der Waals surface area contributed by atoms with E-state index < -0.39 is 5.97 Å². The SMILES string of the molecule is O=C(O)Cc1ccc(-c2cccc(F)c2)o1. The van der Waals surface area contributed by atoms with E-state index in [1.54, 1.807) is 24.3 Å². The van der Waals surface area contributed by atoms with E-state index in [1.807, 2.05) is 0 Å². The molecule has 0 aliphatic rings. The Kier molecular flexibility index (Phi) is 2.72. The summed E-state index contributed by atoms with van der Waals surface area (Å²) in [6, 6.07) is 9.16. The average molecular weight is 220 g/mol. The lowest BCUT2D eigenvalue weighted by molar-refractivity contribution is -0.136. The molecule has 1 aromatic heterocycles. The lowest BCUT2D eigenvalue weighted by Gasteiger charge is -1.96. The Morgan fingerprint density at radius 1 is 1.31 bits per heavy atom. The maximum atomic E-state index is 12.9. The molecule has 0 unspecified atom stereocenters. The van der Waals surface area contributed by atoms with Crippen molar-refractivity contribution in [3.8, 4) is 11.3 Å². The molecule has 1 N–H and O–H groups in total. The molecule has 0 radical (unpaired) electrons. The van der Waals surface area contributed by atoms with Gasteiger partial charge in [-0.3, -0.25) is 4.79 Å². The van der Waals surface area contributed by atoms with Crippen LogP contribution >= 0.6 is 0 Å². The molecule has 2 rings (SSSR count). The standard InChI is InChI=1S/C12H9FO3/c13-9-3-1-2-8(6-9)11-5-4-10(16-11)7-12(14)15/h1-6H,7H2,(H,14,15). The highest BCUT2D eigenvalue weighted by Crippen LogP contribution is 2.22. The van der Waals surface area contributed by atoms with E-state index in [-0.39, 0.29) is 12.2 Å². The van der Waals surface area contributed by atoms with Crippen LogP contribution in [0.3, 0.4) is 0 Å². The predicted octanol–water partition coefficient (Wildman–Crippen LogP) is 2.71. The Bertz CT molecular complexity index is 516. The molecule has 0 atom stereocenters. The van der Waals surface area contributed by atoms with Gasteiger partial charge in [0.25, 0.3) is 0 Å². The average Bonchev–Trinajstić information content (AvgIpc) is 2.65. The largest absolute Gasteiger partial charge is 0.481 e. The summed E-state index contributed by atoms with van der Waals surface area (Å²) >= 11 is 0. The van der Waals surface area contributed by atoms with Crippen LogP contribution in [-0.2, 0) is 11.2 Å². The van der Waals surface area contributed by atoms with E-state index in [9.17, 15) is 9.18 Å². The fourth-order valence-electron chi connectivity index (χ4n) is 1.42. The number of halogens is 1. The highest BCUT2D eigenvalue weighted by Gasteiger charge is 2.08. The van der Waals surface area contributed by atoms with E-state index in [4.69, 9.17) is 9.52 Å². The quantitative estimate of drug-likeness (QED) is 0.865. The van der Waals surface area contributed by atoms with Gasteiger partial charge in [0.05, 0.1) is 0 Å². The molecule has 1 aromatic carbocycles. The first kappa shape index (κ1) is 10.4. The summed E-state index contributed by atoms with van der Waals surface area (Å²) in [5.74, 6) is -0.490. The number of carbonyl (C=O) groups is 1. The highest BCUT2D eigenvalue weighted by molar-refractivity contribution is 5.69. The third kappa shape index (κ3) is 2.28. The third-order valence-electron chi connectivity index (χ3n) is 2.10. The van der Waals surface area contributed by atoms with Gasteiger partial charge >= 0.3 is 5.97 Å². The molecule has 4 heteroatoms. The van der Waals surface area contributed by atoms with Crippen LogP contribution in [-0.4, -0.2) is 11.1 Å². The summed E-state index contributed by atoms with van der Waals surface area (Å²) in [7, 11) is 0. The van der Waals surface area contributed by atoms with Gasteiger partial charge < -0.3 is 9.52 Å². The Labute approximate surface area is 91.1 Å². The summed E-state index contributed by atoms with van der Waals surface area (Å²) in [4.78, 5) is 10.4. The summed E-state index contributed by atoms with van der Waals surface area (Å²) in [6.45, 7) is 0. The highest BCUT2D eigenvalue weighted by atomic mass is 19.1. The molecular formula is C12H9FO3. The Hall–Kier alpha value is -2.10. The van der Waals surface area contributed by atoms with Crippen LogP contribution in [0.15, 0.2) is 40.8 Å². The van der Waals surface area contributed by atoms with Gasteiger partial charge in [0.15, 0.2) is 0 Å². The second-order valence-electron chi connectivity index (χ2n) is 3.35. The first-order valence-electron chi connectivity index (χ1n) is 4.71. The van der Waals surface area contributed by atoms with E-state index in [0.29, 0.717) is 17.1 Å². The van der Waals surface area contributed by atoms with Crippen molar-refractivity contribution in [3.05, 3.63) is 48.0 Å². The van der Waals surface area contributed by atoms with Crippen molar-refractivity contribution < 1.29 is 18.7 Å². The topological polar surface area (TPSA) is 50.4 Å². The van der Waals surface area contributed by atoms with E-state index in [2.05, 4.69) is 0 Å². The number of carboxylic acids is 1. The van der Waals surface area contributed by atoms with E-state index >= 15 is 0 Å². The van der Waals surface area contributed by atoms with Gasteiger partial charge in [0, 0.05) is 5.56 Å². The summed E-state index contributed by atoms with van der Waals surface area (Å²) in [6.07, 6.45) is -0.171. The fourth-order valence-corrected chi connectivity index (χ4v) is 1.42. The van der Waals surface area contributed by atoms with Crippen molar-refractivity contribution in [1.29, 1.82) is 0 Å². The normalized spacial score (nSPS) is 10.3. The van der Waals surface area contributed by atoms with Gasteiger partial charge in [0.2, 0.25) is 0 Å². The van der Waals surface area contributed by atoms with E-state index in [0.717, 1.165) is 0 Å². The second kappa shape index (κ2) is 4.18. The van der Waals surface area contributed by atoms with Crippen molar-refractivity contribution in [3.63, 3.8) is 0 Å². The van der Waals surface area contributed by atoms with Gasteiger partial charge in [-0.05, 0) is 24.3 Å². The molecule has 0 fully saturated rings. The molecule has 1 heterocycles. The monoisotopic (exact) mass is 220 g/mol. The number of carboxylic acid groups (broad SMARTS) is 1. The van der Waals surface area contributed by atoms with Crippen LogP contribution in [0.1, 0.15) is 5.76 Å². The zero-order valence-electron chi connectivity index (χ0n) is 8.31. The number of rotatable bonds is 3. The van der Waals surface area contributed by atoms with Crippen molar-refractivity contribution in [2.75, 3.05) is 0 Å². The minimum atomic E-state index is -0.958. The minimum absolute atomic E-state index is 0.171. The van der Waals surface area contributed by atoms with Crippen LogP contribution in [0.5, 0.6) is 0 Å². The number of benzene rings is 1. The molecule has 0 aliphatic carbocycles. The smallest absolute Gasteiger partial charge is 0.311 e. The fraction of sp³-hybridized carbons (Fsp3) is 0.0833.